The summed E-state index contributed by atoms with van der Waals surface area (Å²) in [6.07, 6.45) is 4.52. The summed E-state index contributed by atoms with van der Waals surface area (Å²) in [6, 6.07) is 6.01. The molecule has 0 unspecified atom stereocenters. The molecule has 2 heterocycles. The molecule has 0 aromatic carbocycles. The van der Waals surface area contributed by atoms with E-state index in [1.165, 1.54) is 0 Å². The summed E-state index contributed by atoms with van der Waals surface area (Å²) in [7, 11) is 0. The molecule has 0 amide bonds. The minimum atomic E-state index is 0.275. The molecule has 5 nitrogen and oxygen atoms in total. The zero-order valence-corrected chi connectivity index (χ0v) is 12.7. The second-order valence-corrected chi connectivity index (χ2v) is 5.15. The number of oxazole rings is 1. The normalized spacial score (nSPS) is 10.9. The van der Waals surface area contributed by atoms with Crippen LogP contribution in [0.2, 0.25) is 0 Å². The molecule has 0 aliphatic rings. The van der Waals surface area contributed by atoms with Gasteiger partial charge in [0.2, 0.25) is 17.5 Å². The summed E-state index contributed by atoms with van der Waals surface area (Å²) in [5.41, 5.74) is 0.275. The van der Waals surface area contributed by atoms with Gasteiger partial charge in [-0.25, -0.2) is 0 Å². The monoisotopic (exact) mass is 303 g/mol. The van der Waals surface area contributed by atoms with Gasteiger partial charge in [0.15, 0.2) is 0 Å². The van der Waals surface area contributed by atoms with Crippen LogP contribution in [0.25, 0.3) is 12.2 Å². The highest BCUT2D eigenvalue weighted by Gasteiger charge is 2.10. The van der Waals surface area contributed by atoms with Crippen molar-refractivity contribution < 1.29 is 9.15 Å². The Hall–Kier alpha value is -2.10. The second-order valence-electron chi connectivity index (χ2n) is 4.17. The third-order valence-electron chi connectivity index (χ3n) is 2.64. The number of rotatable bonds is 8. The van der Waals surface area contributed by atoms with Crippen molar-refractivity contribution in [1.82, 2.24) is 4.98 Å². The van der Waals surface area contributed by atoms with Gasteiger partial charge in [0.25, 0.3) is 0 Å². The fourth-order valence-electron chi connectivity index (χ4n) is 1.66. The molecule has 0 radical (unpaired) electrons. The molecule has 110 valence electrons. The van der Waals surface area contributed by atoms with Gasteiger partial charge in [0.05, 0.1) is 0 Å². The summed E-state index contributed by atoms with van der Waals surface area (Å²) >= 11 is 1.63. The summed E-state index contributed by atoms with van der Waals surface area (Å²) in [6.45, 7) is 4.04. The highest BCUT2D eigenvalue weighted by molar-refractivity contribution is 7.10. The fraction of sp³-hybridized carbons (Fsp3) is 0.333. The van der Waals surface area contributed by atoms with E-state index >= 15 is 0 Å². The molecule has 0 bridgehead atoms. The Kier molecular flexibility index (Phi) is 6.00. The Labute approximate surface area is 127 Å². The van der Waals surface area contributed by atoms with Gasteiger partial charge in [-0.15, -0.1) is 11.3 Å². The predicted octanol–water partition coefficient (Wildman–Crippen LogP) is 3.62. The third-order valence-corrected chi connectivity index (χ3v) is 3.48. The van der Waals surface area contributed by atoms with Crippen LogP contribution in [0, 0.1) is 11.3 Å². The molecular formula is C15H17N3O2S. The zero-order chi connectivity index (χ0) is 14.9. The maximum atomic E-state index is 9.07. The van der Waals surface area contributed by atoms with E-state index in [-0.39, 0.29) is 5.69 Å². The van der Waals surface area contributed by atoms with E-state index in [1.807, 2.05) is 36.6 Å². The van der Waals surface area contributed by atoms with E-state index < -0.39 is 0 Å². The largest absolute Gasteiger partial charge is 0.420 e. The van der Waals surface area contributed by atoms with Crippen LogP contribution in [0.4, 0.5) is 5.88 Å². The summed E-state index contributed by atoms with van der Waals surface area (Å²) in [5, 5.41) is 14.1. The van der Waals surface area contributed by atoms with Crippen LogP contribution in [0.1, 0.15) is 29.8 Å². The Bertz CT molecular complexity index is 611. The van der Waals surface area contributed by atoms with E-state index in [0.29, 0.717) is 31.5 Å². The first-order valence-electron chi connectivity index (χ1n) is 6.77. The summed E-state index contributed by atoms with van der Waals surface area (Å²) in [5.74, 6) is 0.840. The first-order valence-corrected chi connectivity index (χ1v) is 7.65. The minimum Gasteiger partial charge on any atom is -0.420 e. The molecule has 2 aromatic rings. The first-order chi connectivity index (χ1) is 10.3. The van der Waals surface area contributed by atoms with Crippen LogP contribution < -0.4 is 5.32 Å². The lowest BCUT2D eigenvalue weighted by Gasteiger charge is -2.02. The van der Waals surface area contributed by atoms with Crippen LogP contribution >= 0.6 is 11.3 Å². The number of hydrogen-bond acceptors (Lipinski definition) is 6. The van der Waals surface area contributed by atoms with E-state index in [4.69, 9.17) is 14.4 Å². The van der Waals surface area contributed by atoms with Gasteiger partial charge in [0.1, 0.15) is 6.07 Å². The maximum absolute atomic E-state index is 9.07. The average molecular weight is 303 g/mol. The highest BCUT2D eigenvalue weighted by atomic mass is 32.1. The standard InChI is InChI=1S/C15H17N3O2S/c1-2-19-9-4-8-17-15-13(11-16)18-14(20-15)7-6-12-5-3-10-21-12/h3,5-7,10,17H,2,4,8-9H2,1H3. The van der Waals surface area contributed by atoms with E-state index in [1.54, 1.807) is 17.4 Å². The van der Waals surface area contributed by atoms with Crippen molar-refractivity contribution in [3.05, 3.63) is 34.0 Å². The van der Waals surface area contributed by atoms with Gasteiger partial charge in [-0.05, 0) is 30.9 Å². The van der Waals surface area contributed by atoms with Crippen molar-refractivity contribution in [2.24, 2.45) is 0 Å². The maximum Gasteiger partial charge on any atom is 0.232 e. The van der Waals surface area contributed by atoms with Crippen molar-refractivity contribution in [1.29, 1.82) is 5.26 Å². The Morgan fingerprint density at radius 3 is 3.14 bits per heavy atom. The van der Waals surface area contributed by atoms with Gasteiger partial charge < -0.3 is 14.5 Å². The van der Waals surface area contributed by atoms with Crippen molar-refractivity contribution in [2.75, 3.05) is 25.1 Å². The molecule has 0 aliphatic heterocycles. The number of aromatic nitrogens is 1. The Morgan fingerprint density at radius 2 is 2.43 bits per heavy atom. The predicted molar refractivity (Wildman–Crippen MR) is 84.1 cm³/mol. The third kappa shape index (κ3) is 4.74. The molecule has 2 rings (SSSR count). The van der Waals surface area contributed by atoms with E-state index in [2.05, 4.69) is 10.3 Å². The molecule has 0 atom stereocenters. The molecule has 21 heavy (non-hydrogen) atoms. The smallest absolute Gasteiger partial charge is 0.232 e. The molecule has 0 fully saturated rings. The molecular weight excluding hydrogens is 286 g/mol. The van der Waals surface area contributed by atoms with Gasteiger partial charge in [-0.3, -0.25) is 0 Å². The van der Waals surface area contributed by atoms with E-state index in [9.17, 15) is 0 Å². The average Bonchev–Trinajstić information content (AvgIpc) is 3.14. The number of thiophene rings is 1. The SMILES string of the molecule is CCOCCCNc1oc(C=Cc2cccs2)nc1C#N. The van der Waals surface area contributed by atoms with E-state index in [0.717, 1.165) is 11.3 Å². The second kappa shape index (κ2) is 8.25. The van der Waals surface area contributed by atoms with Gasteiger partial charge in [-0.1, -0.05) is 6.07 Å². The number of nitrogens with one attached hydrogen (secondary N) is 1. The lowest BCUT2D eigenvalue weighted by atomic mass is 10.4. The first kappa shape index (κ1) is 15.3. The molecule has 0 aliphatic carbocycles. The zero-order valence-electron chi connectivity index (χ0n) is 11.8. The summed E-state index contributed by atoms with van der Waals surface area (Å²) in [4.78, 5) is 5.25. The molecule has 0 saturated carbocycles. The molecule has 1 N–H and O–H groups in total. The number of nitriles is 1. The van der Waals surface area contributed by atoms with Crippen LogP contribution in [-0.2, 0) is 4.74 Å². The van der Waals surface area contributed by atoms with Crippen LogP contribution in [0.15, 0.2) is 21.9 Å². The van der Waals surface area contributed by atoms with Crippen LogP contribution in [-0.4, -0.2) is 24.7 Å². The lowest BCUT2D eigenvalue weighted by Crippen LogP contribution is -2.05. The van der Waals surface area contributed by atoms with Crippen molar-refractivity contribution in [3.63, 3.8) is 0 Å². The van der Waals surface area contributed by atoms with Gasteiger partial charge >= 0.3 is 0 Å². The molecule has 0 saturated heterocycles. The summed E-state index contributed by atoms with van der Waals surface area (Å²) < 4.78 is 10.8. The van der Waals surface area contributed by atoms with Crippen molar-refractivity contribution >= 4 is 29.4 Å². The Morgan fingerprint density at radius 1 is 1.52 bits per heavy atom. The number of anilines is 1. The van der Waals surface area contributed by atoms with Crippen molar-refractivity contribution in [2.45, 2.75) is 13.3 Å². The van der Waals surface area contributed by atoms with Crippen LogP contribution in [0.3, 0.4) is 0 Å². The Balaban J connectivity index is 1.94. The molecule has 6 heteroatoms. The number of nitrogens with zero attached hydrogens (tertiary/aromatic N) is 2. The van der Waals surface area contributed by atoms with Crippen LogP contribution in [0.5, 0.6) is 0 Å². The van der Waals surface area contributed by atoms with Gasteiger partial charge in [-0.2, -0.15) is 10.2 Å². The van der Waals surface area contributed by atoms with Gasteiger partial charge in [0, 0.05) is 30.7 Å². The highest BCUT2D eigenvalue weighted by Crippen LogP contribution is 2.19. The topological polar surface area (TPSA) is 71.1 Å². The molecule has 0 spiro atoms. The van der Waals surface area contributed by atoms with Crippen molar-refractivity contribution in [3.8, 4) is 6.07 Å². The number of hydrogen-bond donors (Lipinski definition) is 1. The number of ether oxygens (including phenoxy) is 1. The minimum absolute atomic E-state index is 0.275. The quantitative estimate of drug-likeness (QED) is 0.754. The molecule has 2 aromatic heterocycles. The fourth-order valence-corrected chi connectivity index (χ4v) is 2.28. The lowest BCUT2D eigenvalue weighted by molar-refractivity contribution is 0.147.